The van der Waals surface area contributed by atoms with E-state index in [1.54, 1.807) is 0 Å². The van der Waals surface area contributed by atoms with Gasteiger partial charge in [0.15, 0.2) is 11.5 Å². The maximum Gasteiger partial charge on any atom is 0.249 e. The number of carbonyl (C=O) groups excluding carboxylic acids is 2. The maximum atomic E-state index is 13.2. The molecule has 9 nitrogen and oxygen atoms in total. The van der Waals surface area contributed by atoms with Gasteiger partial charge in [-0.25, -0.2) is 0 Å². The Bertz CT molecular complexity index is 1360. The second kappa shape index (κ2) is 11.6. The second-order valence-electron chi connectivity index (χ2n) is 8.26. The Morgan fingerprint density at radius 2 is 1.65 bits per heavy atom. The highest BCUT2D eigenvalue weighted by Gasteiger charge is 2.23. The number of fused-ring (bicyclic) bond motifs is 1. The van der Waals surface area contributed by atoms with E-state index in [4.69, 9.17) is 14.2 Å². The van der Waals surface area contributed by atoms with Gasteiger partial charge in [-0.1, -0.05) is 72.0 Å². The third-order valence-electron chi connectivity index (χ3n) is 5.55. The molecule has 0 bridgehead atoms. The smallest absolute Gasteiger partial charge is 0.249 e. The van der Waals surface area contributed by atoms with Gasteiger partial charge in [0.1, 0.15) is 17.7 Å². The first-order valence-corrected chi connectivity index (χ1v) is 12.4. The molecule has 0 saturated heterocycles. The van der Waals surface area contributed by atoms with Crippen LogP contribution in [0.15, 0.2) is 78.9 Å². The van der Waals surface area contributed by atoms with Crippen molar-refractivity contribution in [3.8, 4) is 22.1 Å². The number of rotatable bonds is 10. The van der Waals surface area contributed by atoms with Gasteiger partial charge in [-0.3, -0.25) is 14.9 Å². The van der Waals surface area contributed by atoms with Crippen LogP contribution in [-0.2, 0) is 27.4 Å². The number of amides is 2. The zero-order valence-corrected chi connectivity index (χ0v) is 20.6. The molecular weight excluding hydrogens is 492 g/mol. The van der Waals surface area contributed by atoms with Crippen molar-refractivity contribution in [3.63, 3.8) is 0 Å². The zero-order valence-electron chi connectivity index (χ0n) is 19.8. The van der Waals surface area contributed by atoms with E-state index in [0.29, 0.717) is 34.7 Å². The van der Waals surface area contributed by atoms with Gasteiger partial charge in [0.2, 0.25) is 23.7 Å². The van der Waals surface area contributed by atoms with E-state index in [1.807, 2.05) is 78.9 Å². The predicted octanol–water partition coefficient (Wildman–Crippen LogP) is 3.82. The van der Waals surface area contributed by atoms with E-state index in [0.717, 1.165) is 16.7 Å². The van der Waals surface area contributed by atoms with Crippen molar-refractivity contribution in [2.45, 2.75) is 19.1 Å². The standard InChI is InChI=1S/C27H24N4O5S/c32-24(16-34-15-19-9-5-2-6-10-19)28-21(13-18-7-3-1-4-8-18)25(33)29-27-31-30-26(37-27)20-11-12-22-23(14-20)36-17-35-22/h1-12,14,21H,13,15-17H2,(H,28,32)(H,29,31,33). The molecule has 5 rings (SSSR count). The first kappa shape index (κ1) is 24.4. The number of aromatic nitrogens is 2. The van der Waals surface area contributed by atoms with E-state index in [2.05, 4.69) is 20.8 Å². The highest BCUT2D eigenvalue weighted by Crippen LogP contribution is 2.37. The first-order valence-electron chi connectivity index (χ1n) is 11.6. The van der Waals surface area contributed by atoms with Gasteiger partial charge in [0.05, 0.1) is 6.61 Å². The topological polar surface area (TPSA) is 112 Å². The molecule has 0 radical (unpaired) electrons. The summed E-state index contributed by atoms with van der Waals surface area (Å²) in [6, 6.07) is 23.7. The van der Waals surface area contributed by atoms with Crippen LogP contribution in [0.1, 0.15) is 11.1 Å². The molecule has 0 aliphatic carbocycles. The van der Waals surface area contributed by atoms with Crippen molar-refractivity contribution in [3.05, 3.63) is 90.0 Å². The maximum absolute atomic E-state index is 13.2. The number of ether oxygens (including phenoxy) is 3. The summed E-state index contributed by atoms with van der Waals surface area (Å²) in [6.07, 6.45) is 0.310. The van der Waals surface area contributed by atoms with Crippen LogP contribution < -0.4 is 20.1 Å². The summed E-state index contributed by atoms with van der Waals surface area (Å²) in [5, 5.41) is 14.8. The van der Waals surface area contributed by atoms with Crippen molar-refractivity contribution >= 4 is 28.3 Å². The molecule has 4 aromatic rings. The molecule has 1 atom stereocenters. The van der Waals surface area contributed by atoms with E-state index in [9.17, 15) is 9.59 Å². The van der Waals surface area contributed by atoms with E-state index < -0.39 is 11.9 Å². The number of nitrogens with one attached hydrogen (secondary N) is 2. The van der Waals surface area contributed by atoms with Crippen molar-refractivity contribution < 1.29 is 23.8 Å². The number of benzene rings is 3. The van der Waals surface area contributed by atoms with Gasteiger partial charge in [-0.05, 0) is 29.3 Å². The number of hydrogen-bond donors (Lipinski definition) is 2. The lowest BCUT2D eigenvalue weighted by molar-refractivity contribution is -0.130. The molecule has 1 aromatic heterocycles. The summed E-state index contributed by atoms with van der Waals surface area (Å²) in [5.74, 6) is 0.534. The fourth-order valence-corrected chi connectivity index (χ4v) is 4.49. The van der Waals surface area contributed by atoms with Crippen LogP contribution in [0, 0.1) is 0 Å². The third-order valence-corrected chi connectivity index (χ3v) is 6.44. The van der Waals surface area contributed by atoms with Crippen molar-refractivity contribution in [2.75, 3.05) is 18.7 Å². The molecule has 2 N–H and O–H groups in total. The molecule has 1 aliphatic heterocycles. The van der Waals surface area contributed by atoms with Crippen molar-refractivity contribution in [1.29, 1.82) is 0 Å². The zero-order chi connectivity index (χ0) is 25.5. The lowest BCUT2D eigenvalue weighted by Crippen LogP contribution is -2.46. The molecule has 1 unspecified atom stereocenters. The lowest BCUT2D eigenvalue weighted by atomic mass is 10.1. The summed E-state index contributed by atoms with van der Waals surface area (Å²) in [6.45, 7) is 0.319. The van der Waals surface area contributed by atoms with Crippen molar-refractivity contribution in [1.82, 2.24) is 15.5 Å². The summed E-state index contributed by atoms with van der Waals surface area (Å²) < 4.78 is 16.3. The SMILES string of the molecule is O=C(COCc1ccccc1)NC(Cc1ccccc1)C(=O)Nc1nnc(-c2ccc3c(c2)OCO3)s1. The molecular formula is C27H24N4O5S. The Morgan fingerprint density at radius 3 is 2.43 bits per heavy atom. The third kappa shape index (κ3) is 6.49. The number of hydrogen-bond acceptors (Lipinski definition) is 8. The van der Waals surface area contributed by atoms with Crippen LogP contribution in [0.5, 0.6) is 11.5 Å². The fourth-order valence-electron chi connectivity index (χ4n) is 3.74. The second-order valence-corrected chi connectivity index (χ2v) is 9.24. The molecule has 0 saturated carbocycles. The van der Waals surface area contributed by atoms with Crippen LogP contribution >= 0.6 is 11.3 Å². The minimum atomic E-state index is -0.826. The minimum Gasteiger partial charge on any atom is -0.454 e. The number of carbonyl (C=O) groups is 2. The Kier molecular flexibility index (Phi) is 7.68. The Hall–Kier alpha value is -4.28. The highest BCUT2D eigenvalue weighted by atomic mass is 32.1. The normalized spacial score (nSPS) is 12.6. The summed E-state index contributed by atoms with van der Waals surface area (Å²) in [4.78, 5) is 25.8. The molecule has 10 heteroatoms. The summed E-state index contributed by atoms with van der Waals surface area (Å²) in [5.41, 5.74) is 2.67. The average molecular weight is 517 g/mol. The Balaban J connectivity index is 1.23. The van der Waals surface area contributed by atoms with E-state index in [-0.39, 0.29) is 19.3 Å². The van der Waals surface area contributed by atoms with E-state index >= 15 is 0 Å². The molecule has 2 heterocycles. The van der Waals surface area contributed by atoms with Gasteiger partial charge in [-0.15, -0.1) is 10.2 Å². The average Bonchev–Trinajstić information content (AvgIpc) is 3.59. The van der Waals surface area contributed by atoms with Gasteiger partial charge in [0.25, 0.3) is 0 Å². The van der Waals surface area contributed by atoms with Crippen LogP contribution in [0.4, 0.5) is 5.13 Å². The van der Waals surface area contributed by atoms with Gasteiger partial charge in [0, 0.05) is 12.0 Å². The monoisotopic (exact) mass is 516 g/mol. The van der Waals surface area contributed by atoms with Gasteiger partial charge in [-0.2, -0.15) is 0 Å². The largest absolute Gasteiger partial charge is 0.454 e. The van der Waals surface area contributed by atoms with Crippen LogP contribution in [0.2, 0.25) is 0 Å². The van der Waals surface area contributed by atoms with Gasteiger partial charge < -0.3 is 19.5 Å². The van der Waals surface area contributed by atoms with E-state index in [1.165, 1.54) is 11.3 Å². The lowest BCUT2D eigenvalue weighted by Gasteiger charge is -2.18. The van der Waals surface area contributed by atoms with Crippen LogP contribution in [-0.4, -0.2) is 41.5 Å². The quantitative estimate of drug-likeness (QED) is 0.330. The fraction of sp³-hybridized carbons (Fsp3) is 0.185. The molecule has 3 aromatic carbocycles. The number of anilines is 1. The molecule has 37 heavy (non-hydrogen) atoms. The highest BCUT2D eigenvalue weighted by molar-refractivity contribution is 7.18. The van der Waals surface area contributed by atoms with Crippen LogP contribution in [0.3, 0.4) is 0 Å². The van der Waals surface area contributed by atoms with Crippen LogP contribution in [0.25, 0.3) is 10.6 Å². The predicted molar refractivity (Wildman–Crippen MR) is 138 cm³/mol. The summed E-state index contributed by atoms with van der Waals surface area (Å²) >= 11 is 1.23. The molecule has 0 fully saturated rings. The van der Waals surface area contributed by atoms with Crippen molar-refractivity contribution in [2.24, 2.45) is 0 Å². The Morgan fingerprint density at radius 1 is 0.919 bits per heavy atom. The van der Waals surface area contributed by atoms with Gasteiger partial charge >= 0.3 is 0 Å². The molecule has 2 amide bonds. The minimum absolute atomic E-state index is 0.166. The summed E-state index contributed by atoms with van der Waals surface area (Å²) in [7, 11) is 0. The first-order chi connectivity index (χ1) is 18.1. The number of nitrogens with zero attached hydrogens (tertiary/aromatic N) is 2. The Labute approximate surface area is 217 Å². The molecule has 0 spiro atoms. The molecule has 188 valence electrons. The molecule has 1 aliphatic rings.